The lowest BCUT2D eigenvalue weighted by atomic mass is 10.1. The Morgan fingerprint density at radius 1 is 1.19 bits per heavy atom. The van der Waals surface area contributed by atoms with Crippen LogP contribution in [-0.2, 0) is 6.54 Å². The molecular formula is C21H24ClFIN3. The highest BCUT2D eigenvalue weighted by molar-refractivity contribution is 14.1. The van der Waals surface area contributed by atoms with E-state index in [0.29, 0.717) is 6.54 Å². The van der Waals surface area contributed by atoms with Crippen molar-refractivity contribution in [2.45, 2.75) is 38.3 Å². The minimum atomic E-state index is -0.217. The van der Waals surface area contributed by atoms with E-state index in [9.17, 15) is 4.39 Å². The molecule has 0 saturated heterocycles. The largest absolute Gasteiger partial charge is 0.379 e. The number of rotatable bonds is 5. The fourth-order valence-corrected chi connectivity index (χ4v) is 3.92. The van der Waals surface area contributed by atoms with E-state index in [0.717, 1.165) is 33.5 Å². The predicted molar refractivity (Wildman–Crippen MR) is 123 cm³/mol. The zero-order chi connectivity index (χ0) is 19.0. The quantitative estimate of drug-likeness (QED) is 0.245. The van der Waals surface area contributed by atoms with Crippen molar-refractivity contribution in [1.29, 1.82) is 0 Å². The number of benzene rings is 1. The molecule has 3 nitrogen and oxygen atoms in total. The monoisotopic (exact) mass is 499 g/mol. The summed E-state index contributed by atoms with van der Waals surface area (Å²) >= 11 is 2.39. The van der Waals surface area contributed by atoms with E-state index in [1.54, 1.807) is 0 Å². The van der Waals surface area contributed by atoms with Crippen LogP contribution in [0.15, 0.2) is 36.9 Å². The van der Waals surface area contributed by atoms with E-state index in [4.69, 9.17) is 4.98 Å². The van der Waals surface area contributed by atoms with Gasteiger partial charge >= 0.3 is 0 Å². The molecule has 0 aliphatic heterocycles. The van der Waals surface area contributed by atoms with E-state index in [-0.39, 0.29) is 22.3 Å². The number of alkyl halides is 1. The Morgan fingerprint density at radius 3 is 2.41 bits per heavy atom. The van der Waals surface area contributed by atoms with Crippen molar-refractivity contribution < 1.29 is 4.39 Å². The molecule has 27 heavy (non-hydrogen) atoms. The van der Waals surface area contributed by atoms with Crippen molar-refractivity contribution in [3.8, 4) is 0 Å². The highest BCUT2D eigenvalue weighted by Crippen LogP contribution is 2.37. The number of anilines is 1. The van der Waals surface area contributed by atoms with Gasteiger partial charge in [-0.15, -0.1) is 19.0 Å². The van der Waals surface area contributed by atoms with Crippen LogP contribution in [-0.4, -0.2) is 9.55 Å². The first-order chi connectivity index (χ1) is 12.3. The van der Waals surface area contributed by atoms with Crippen molar-refractivity contribution in [1.82, 2.24) is 9.55 Å². The minimum absolute atomic E-state index is 0. The second-order valence-corrected chi connectivity index (χ2v) is 7.84. The Bertz CT molecular complexity index is 980. The van der Waals surface area contributed by atoms with Crippen molar-refractivity contribution in [3.05, 3.63) is 70.8 Å². The Balaban J connectivity index is 0.00000261. The summed E-state index contributed by atoms with van der Waals surface area (Å²) in [5, 5.41) is 3.57. The maximum absolute atomic E-state index is 13.2. The minimum Gasteiger partial charge on any atom is -0.379 e. The van der Waals surface area contributed by atoms with Crippen molar-refractivity contribution in [2.24, 2.45) is 0 Å². The van der Waals surface area contributed by atoms with Crippen LogP contribution < -0.4 is 5.32 Å². The first-order valence-electron chi connectivity index (χ1n) is 8.58. The van der Waals surface area contributed by atoms with Crippen LogP contribution in [0.5, 0.6) is 0 Å². The molecule has 1 aromatic carbocycles. The summed E-state index contributed by atoms with van der Waals surface area (Å²) in [6.45, 7) is 13.0. The van der Waals surface area contributed by atoms with Crippen LogP contribution >= 0.6 is 35.0 Å². The maximum Gasteiger partial charge on any atom is 0.123 e. The summed E-state index contributed by atoms with van der Waals surface area (Å²) in [4.78, 5) is 4.85. The van der Waals surface area contributed by atoms with Gasteiger partial charge in [-0.1, -0.05) is 40.8 Å². The number of fused-ring (bicyclic) bond motifs is 1. The van der Waals surface area contributed by atoms with E-state index in [1.165, 1.54) is 23.4 Å². The van der Waals surface area contributed by atoms with Crippen LogP contribution in [0.3, 0.4) is 0 Å². The summed E-state index contributed by atoms with van der Waals surface area (Å²) in [7, 11) is 0. The molecular weight excluding hydrogens is 476 g/mol. The number of allylic oxidation sites excluding steroid dienone is 1. The van der Waals surface area contributed by atoms with E-state index in [1.807, 2.05) is 25.1 Å². The van der Waals surface area contributed by atoms with Crippen molar-refractivity contribution in [3.63, 3.8) is 0 Å². The third-order valence-corrected chi connectivity index (χ3v) is 6.05. The standard InChI is InChI=1S/C21H23FIN3.ClH/c1-6-18(23)26-15(5)13(3)20-21(26)19(12(2)14(4)25-20)24-11-16-7-9-17(22)10-8-16;/h6-10,18H,1,11H2,2-5H3,(H,24,25);1H. The Kier molecular flexibility index (Phi) is 6.92. The fourth-order valence-electron chi connectivity index (χ4n) is 3.22. The van der Waals surface area contributed by atoms with Crippen LogP contribution in [0.2, 0.25) is 0 Å². The summed E-state index contributed by atoms with van der Waals surface area (Å²) < 4.78 is 15.6. The lowest BCUT2D eigenvalue weighted by molar-refractivity contribution is 0.627. The zero-order valence-corrected chi connectivity index (χ0v) is 18.9. The zero-order valence-electron chi connectivity index (χ0n) is 15.9. The average Bonchev–Trinajstić information content (AvgIpc) is 2.87. The molecule has 6 heteroatoms. The van der Waals surface area contributed by atoms with Crippen LogP contribution in [0, 0.1) is 33.5 Å². The van der Waals surface area contributed by atoms with Crippen LogP contribution in [0.4, 0.5) is 10.1 Å². The first kappa shape index (κ1) is 21.7. The third-order valence-electron chi connectivity index (χ3n) is 4.98. The Labute approximate surface area is 179 Å². The van der Waals surface area contributed by atoms with Gasteiger partial charge in [-0.2, -0.15) is 0 Å². The first-order valence-corrected chi connectivity index (χ1v) is 9.83. The lowest BCUT2D eigenvalue weighted by Crippen LogP contribution is -2.08. The average molecular weight is 500 g/mol. The summed E-state index contributed by atoms with van der Waals surface area (Å²) in [5.74, 6) is -0.217. The summed E-state index contributed by atoms with van der Waals surface area (Å²) in [6, 6.07) is 6.60. The van der Waals surface area contributed by atoms with Gasteiger partial charge in [0.1, 0.15) is 9.87 Å². The van der Waals surface area contributed by atoms with Crippen LogP contribution in [0.1, 0.15) is 32.1 Å². The molecule has 3 aromatic rings. The van der Waals surface area contributed by atoms with Gasteiger partial charge in [0.05, 0.1) is 16.7 Å². The van der Waals surface area contributed by atoms with Gasteiger partial charge in [0, 0.05) is 17.9 Å². The van der Waals surface area contributed by atoms with Crippen molar-refractivity contribution >= 4 is 51.7 Å². The summed E-state index contributed by atoms with van der Waals surface area (Å²) in [5.41, 5.74) is 8.78. The number of hydrogen-bond acceptors (Lipinski definition) is 2. The molecule has 144 valence electrons. The molecule has 1 atom stereocenters. The molecule has 0 amide bonds. The lowest BCUT2D eigenvalue weighted by Gasteiger charge is -2.18. The van der Waals surface area contributed by atoms with Gasteiger partial charge in [0.2, 0.25) is 0 Å². The molecule has 0 fully saturated rings. The molecule has 2 aromatic heterocycles. The van der Waals surface area contributed by atoms with Gasteiger partial charge in [0.15, 0.2) is 0 Å². The number of nitrogens with one attached hydrogen (secondary N) is 1. The molecule has 3 rings (SSSR count). The Hall–Kier alpha value is -1.60. The number of nitrogens with zero attached hydrogens (tertiary/aromatic N) is 2. The molecule has 1 unspecified atom stereocenters. The smallest absolute Gasteiger partial charge is 0.123 e. The van der Waals surface area contributed by atoms with Gasteiger partial charge in [-0.25, -0.2) is 4.39 Å². The normalized spacial score (nSPS) is 11.9. The number of pyridine rings is 1. The predicted octanol–water partition coefficient (Wildman–Crippen LogP) is 6.56. The molecule has 0 aliphatic carbocycles. The van der Waals surface area contributed by atoms with E-state index >= 15 is 0 Å². The second-order valence-electron chi connectivity index (χ2n) is 6.56. The molecule has 0 spiro atoms. The molecule has 1 N–H and O–H groups in total. The molecule has 2 heterocycles. The van der Waals surface area contributed by atoms with Crippen LogP contribution in [0.25, 0.3) is 11.0 Å². The summed E-state index contributed by atoms with van der Waals surface area (Å²) in [6.07, 6.45) is 1.94. The Morgan fingerprint density at radius 2 is 1.81 bits per heavy atom. The van der Waals surface area contributed by atoms with Gasteiger partial charge in [-0.3, -0.25) is 4.98 Å². The van der Waals surface area contributed by atoms with E-state index < -0.39 is 0 Å². The van der Waals surface area contributed by atoms with Gasteiger partial charge < -0.3 is 9.88 Å². The topological polar surface area (TPSA) is 29.9 Å². The maximum atomic E-state index is 13.2. The van der Waals surface area contributed by atoms with Gasteiger partial charge in [0.25, 0.3) is 0 Å². The molecule has 0 saturated carbocycles. The fraction of sp³-hybridized carbons (Fsp3) is 0.286. The number of hydrogen-bond donors (Lipinski definition) is 1. The number of aryl methyl sites for hydroxylation is 2. The van der Waals surface area contributed by atoms with Gasteiger partial charge in [-0.05, 0) is 56.5 Å². The van der Waals surface area contributed by atoms with E-state index in [2.05, 4.69) is 59.8 Å². The highest BCUT2D eigenvalue weighted by Gasteiger charge is 2.21. The SMILES string of the molecule is C=CC(I)n1c(C)c(C)c2nc(C)c(C)c(NCc3ccc(F)cc3)c21.Cl. The number of aromatic nitrogens is 2. The molecule has 0 aliphatic rings. The second kappa shape index (κ2) is 8.61. The molecule has 0 bridgehead atoms. The van der Waals surface area contributed by atoms with Crippen molar-refractivity contribution in [2.75, 3.05) is 5.32 Å². The molecule has 0 radical (unpaired) electrons. The number of halogens is 3. The highest BCUT2D eigenvalue weighted by atomic mass is 127. The third kappa shape index (κ3) is 3.99.